The van der Waals surface area contributed by atoms with E-state index in [1.54, 1.807) is 24.3 Å². The fourth-order valence-electron chi connectivity index (χ4n) is 1.72. The minimum Gasteiger partial charge on any atom is -0.487 e. The Hall–Kier alpha value is -1.99. The number of aromatic nitrogens is 1. The van der Waals surface area contributed by atoms with Gasteiger partial charge in [0.05, 0.1) is 10.7 Å². The summed E-state index contributed by atoms with van der Waals surface area (Å²) in [6.07, 6.45) is 0. The lowest BCUT2D eigenvalue weighted by molar-refractivity contribution is 0.103. The van der Waals surface area contributed by atoms with Crippen molar-refractivity contribution in [1.29, 1.82) is 0 Å². The van der Waals surface area contributed by atoms with E-state index >= 15 is 0 Å². The Bertz CT molecular complexity index is 665. The van der Waals surface area contributed by atoms with Gasteiger partial charge in [0.1, 0.15) is 22.2 Å². The van der Waals surface area contributed by atoms with E-state index in [9.17, 15) is 4.79 Å². The maximum atomic E-state index is 12.1. The molecule has 2 rings (SSSR count). The third-order valence-electron chi connectivity index (χ3n) is 2.60. The number of carbonyl (C=O) groups is 1. The topological polar surface area (TPSA) is 77.2 Å². The first-order chi connectivity index (χ1) is 9.95. The summed E-state index contributed by atoms with van der Waals surface area (Å²) < 4.78 is 5.35. The zero-order valence-electron chi connectivity index (χ0n) is 11.7. The number of amides is 1. The van der Waals surface area contributed by atoms with Crippen molar-refractivity contribution >= 4 is 40.1 Å². The van der Waals surface area contributed by atoms with Crippen molar-refractivity contribution in [3.05, 3.63) is 39.8 Å². The van der Waals surface area contributed by atoms with E-state index in [2.05, 4.69) is 10.3 Å². The average Bonchev–Trinajstić information content (AvgIpc) is 2.77. The first-order valence-corrected chi connectivity index (χ1v) is 7.44. The second-order valence-electron chi connectivity index (χ2n) is 4.38. The Balaban J connectivity index is 2.01. The Labute approximate surface area is 132 Å². The van der Waals surface area contributed by atoms with E-state index < -0.39 is 0 Å². The summed E-state index contributed by atoms with van der Waals surface area (Å²) in [5.41, 5.74) is 6.79. The fourth-order valence-corrected chi connectivity index (χ4v) is 2.59. The summed E-state index contributed by atoms with van der Waals surface area (Å²) in [6.45, 7) is 3.90. The average molecular weight is 321 g/mol. The maximum absolute atomic E-state index is 12.1. The maximum Gasteiger partial charge on any atom is 0.267 e. The molecule has 5 nitrogen and oxygen atoms in total. The number of hydrogen-bond donors (Lipinski definition) is 2. The van der Waals surface area contributed by atoms with Crippen LogP contribution in [-0.4, -0.2) is 22.5 Å². The van der Waals surface area contributed by atoms with Crippen LogP contribution in [0.2, 0.25) is 0 Å². The predicted molar refractivity (Wildman–Crippen MR) is 88.3 cm³/mol. The van der Waals surface area contributed by atoms with Crippen LogP contribution in [0.15, 0.2) is 24.3 Å². The third kappa shape index (κ3) is 4.24. The van der Waals surface area contributed by atoms with Crippen LogP contribution in [0.5, 0.6) is 5.75 Å². The molecule has 1 heterocycles. The molecule has 0 saturated carbocycles. The number of nitrogens with zero attached hydrogens (tertiary/aromatic N) is 1. The van der Waals surface area contributed by atoms with E-state index in [0.29, 0.717) is 21.3 Å². The number of nitrogens with one attached hydrogen (secondary N) is 1. The molecule has 0 atom stereocenters. The van der Waals surface area contributed by atoms with Gasteiger partial charge < -0.3 is 15.8 Å². The van der Waals surface area contributed by atoms with Crippen LogP contribution < -0.4 is 15.8 Å². The molecule has 2 aromatic rings. The van der Waals surface area contributed by atoms with Gasteiger partial charge in [-0.2, -0.15) is 0 Å². The second-order valence-corrected chi connectivity index (χ2v) is 6.11. The number of thiocarbonyl (C=S) groups is 1. The molecule has 21 heavy (non-hydrogen) atoms. The second kappa shape index (κ2) is 6.64. The first kappa shape index (κ1) is 15.4. The van der Waals surface area contributed by atoms with Crippen molar-refractivity contribution in [2.24, 2.45) is 5.73 Å². The molecule has 3 N–H and O–H groups in total. The third-order valence-corrected chi connectivity index (χ3v) is 3.79. The van der Waals surface area contributed by atoms with Crippen LogP contribution >= 0.6 is 23.6 Å². The van der Waals surface area contributed by atoms with Gasteiger partial charge in [-0.15, -0.1) is 11.3 Å². The molecule has 0 unspecified atom stereocenters. The first-order valence-electron chi connectivity index (χ1n) is 6.22. The molecule has 1 aromatic carbocycles. The van der Waals surface area contributed by atoms with E-state index in [1.165, 1.54) is 11.3 Å². The van der Waals surface area contributed by atoms with Gasteiger partial charge in [-0.25, -0.2) is 4.98 Å². The van der Waals surface area contributed by atoms with Crippen molar-refractivity contribution in [3.63, 3.8) is 0 Å². The number of benzene rings is 1. The van der Waals surface area contributed by atoms with Gasteiger partial charge in [0, 0.05) is 5.69 Å². The Morgan fingerprint density at radius 1 is 1.38 bits per heavy atom. The van der Waals surface area contributed by atoms with E-state index in [4.69, 9.17) is 22.7 Å². The van der Waals surface area contributed by atoms with E-state index in [1.807, 2.05) is 13.8 Å². The van der Waals surface area contributed by atoms with Gasteiger partial charge in [-0.05, 0) is 38.1 Å². The molecule has 0 radical (unpaired) electrons. The number of carbonyl (C=O) groups excluding carboxylic acids is 1. The summed E-state index contributed by atoms with van der Waals surface area (Å²) >= 11 is 6.12. The highest BCUT2D eigenvalue weighted by atomic mass is 32.1. The molecule has 0 aliphatic carbocycles. The van der Waals surface area contributed by atoms with Crippen LogP contribution in [0.3, 0.4) is 0 Å². The summed E-state index contributed by atoms with van der Waals surface area (Å²) in [4.78, 5) is 17.3. The lowest BCUT2D eigenvalue weighted by Crippen LogP contribution is -2.17. The quantitative estimate of drug-likeness (QED) is 0.828. The number of hydrogen-bond acceptors (Lipinski definition) is 5. The van der Waals surface area contributed by atoms with Crippen LogP contribution in [0.4, 0.5) is 5.69 Å². The Kier molecular flexibility index (Phi) is 4.87. The van der Waals surface area contributed by atoms with Gasteiger partial charge in [-0.3, -0.25) is 4.79 Å². The van der Waals surface area contributed by atoms with Crippen LogP contribution in [0.1, 0.15) is 20.4 Å². The molecular weight excluding hydrogens is 306 g/mol. The normalized spacial score (nSPS) is 10.2. The molecule has 0 aliphatic heterocycles. The number of ether oxygens (including phenoxy) is 1. The van der Waals surface area contributed by atoms with Crippen LogP contribution in [0.25, 0.3) is 0 Å². The molecule has 0 saturated heterocycles. The smallest absolute Gasteiger partial charge is 0.267 e. The molecule has 1 aromatic heterocycles. The van der Waals surface area contributed by atoms with Crippen molar-refractivity contribution in [2.75, 3.05) is 11.9 Å². The standard InChI is InChI=1S/C14H15N3O2S2/c1-8-13(21-9(2)16-8)14(18)17-10-3-5-11(6-4-10)19-7-12(15)20/h3-6H,7H2,1-2H3,(H2,15,20)(H,17,18). The summed E-state index contributed by atoms with van der Waals surface area (Å²) in [6, 6.07) is 7.02. The fraction of sp³-hybridized carbons (Fsp3) is 0.214. The van der Waals surface area contributed by atoms with E-state index in [0.717, 1.165) is 10.7 Å². The highest BCUT2D eigenvalue weighted by Crippen LogP contribution is 2.20. The summed E-state index contributed by atoms with van der Waals surface area (Å²) in [5.74, 6) is 0.487. The SMILES string of the molecule is Cc1nc(C)c(C(=O)Nc2ccc(OCC(N)=S)cc2)s1. The monoisotopic (exact) mass is 321 g/mol. The number of aryl methyl sites for hydroxylation is 2. The minimum absolute atomic E-state index is 0.157. The van der Waals surface area contributed by atoms with Gasteiger partial charge in [0.2, 0.25) is 0 Å². The Morgan fingerprint density at radius 3 is 2.57 bits per heavy atom. The van der Waals surface area contributed by atoms with Gasteiger partial charge in [0.25, 0.3) is 5.91 Å². The highest BCUT2D eigenvalue weighted by molar-refractivity contribution is 7.80. The molecule has 1 amide bonds. The number of rotatable bonds is 5. The zero-order chi connectivity index (χ0) is 15.4. The van der Waals surface area contributed by atoms with E-state index in [-0.39, 0.29) is 12.5 Å². The zero-order valence-corrected chi connectivity index (χ0v) is 13.3. The molecule has 0 spiro atoms. The van der Waals surface area contributed by atoms with Gasteiger partial charge in [-0.1, -0.05) is 12.2 Å². The number of anilines is 1. The molecule has 0 fully saturated rings. The molecule has 0 aliphatic rings. The molecular formula is C14H15N3O2S2. The van der Waals surface area contributed by atoms with Gasteiger partial charge >= 0.3 is 0 Å². The van der Waals surface area contributed by atoms with Crippen molar-refractivity contribution in [2.45, 2.75) is 13.8 Å². The summed E-state index contributed by atoms with van der Waals surface area (Å²) in [7, 11) is 0. The minimum atomic E-state index is -0.157. The van der Waals surface area contributed by atoms with Crippen molar-refractivity contribution in [1.82, 2.24) is 4.98 Å². The lowest BCUT2D eigenvalue weighted by atomic mass is 10.3. The molecule has 7 heteroatoms. The highest BCUT2D eigenvalue weighted by Gasteiger charge is 2.13. The van der Waals surface area contributed by atoms with Gasteiger partial charge in [0.15, 0.2) is 0 Å². The predicted octanol–water partition coefficient (Wildman–Crippen LogP) is 2.68. The molecule has 0 bridgehead atoms. The lowest BCUT2D eigenvalue weighted by Gasteiger charge is -2.07. The largest absolute Gasteiger partial charge is 0.487 e. The van der Waals surface area contributed by atoms with Crippen molar-refractivity contribution < 1.29 is 9.53 Å². The number of thiazole rings is 1. The summed E-state index contributed by atoms with van der Waals surface area (Å²) in [5, 5.41) is 3.70. The number of nitrogens with two attached hydrogens (primary N) is 1. The van der Waals surface area contributed by atoms with Crippen LogP contribution in [0, 0.1) is 13.8 Å². The molecule has 110 valence electrons. The van der Waals surface area contributed by atoms with Crippen LogP contribution in [-0.2, 0) is 0 Å². The Morgan fingerprint density at radius 2 is 2.05 bits per heavy atom. The van der Waals surface area contributed by atoms with Crippen molar-refractivity contribution in [3.8, 4) is 5.75 Å².